The molecule has 1 aliphatic rings. The standard InChI is InChI=1S/C14H25N3/c1-14(2,3)13-11-15-17(12-13)10-9-16-7-5-4-6-8-16/h11-12H,4-10H2,1-3H3. The summed E-state index contributed by atoms with van der Waals surface area (Å²) < 4.78 is 2.09. The minimum Gasteiger partial charge on any atom is -0.301 e. The fourth-order valence-corrected chi connectivity index (χ4v) is 2.30. The minimum absolute atomic E-state index is 0.212. The zero-order valence-corrected chi connectivity index (χ0v) is 11.4. The molecule has 0 unspecified atom stereocenters. The van der Waals surface area contributed by atoms with Crippen molar-refractivity contribution in [2.45, 2.75) is 52.0 Å². The molecular formula is C14H25N3. The van der Waals surface area contributed by atoms with Crippen LogP contribution in [0.4, 0.5) is 0 Å². The lowest BCUT2D eigenvalue weighted by molar-refractivity contribution is 0.218. The third kappa shape index (κ3) is 3.56. The number of hydrogen-bond acceptors (Lipinski definition) is 2. The molecule has 0 N–H and O–H groups in total. The number of piperidine rings is 1. The monoisotopic (exact) mass is 235 g/mol. The van der Waals surface area contributed by atoms with E-state index >= 15 is 0 Å². The van der Waals surface area contributed by atoms with E-state index in [4.69, 9.17) is 0 Å². The van der Waals surface area contributed by atoms with Gasteiger partial charge in [0.25, 0.3) is 0 Å². The quantitative estimate of drug-likeness (QED) is 0.803. The average molecular weight is 235 g/mol. The molecule has 0 aliphatic carbocycles. The van der Waals surface area contributed by atoms with E-state index in [1.165, 1.54) is 37.9 Å². The zero-order valence-electron chi connectivity index (χ0n) is 11.4. The molecular weight excluding hydrogens is 210 g/mol. The summed E-state index contributed by atoms with van der Waals surface area (Å²) >= 11 is 0. The largest absolute Gasteiger partial charge is 0.301 e. The molecule has 0 bridgehead atoms. The lowest BCUT2D eigenvalue weighted by Crippen LogP contribution is -2.32. The third-order valence-electron chi connectivity index (χ3n) is 3.59. The molecule has 1 fully saturated rings. The fourth-order valence-electron chi connectivity index (χ4n) is 2.30. The van der Waals surface area contributed by atoms with E-state index < -0.39 is 0 Å². The Morgan fingerprint density at radius 2 is 1.82 bits per heavy atom. The van der Waals surface area contributed by atoms with E-state index in [1.54, 1.807) is 0 Å². The second kappa shape index (κ2) is 5.21. The predicted octanol–water partition coefficient (Wildman–Crippen LogP) is 2.67. The van der Waals surface area contributed by atoms with Crippen LogP contribution in [-0.2, 0) is 12.0 Å². The Labute approximate surface area is 105 Å². The van der Waals surface area contributed by atoms with Gasteiger partial charge in [0, 0.05) is 12.7 Å². The maximum atomic E-state index is 4.46. The lowest BCUT2D eigenvalue weighted by Gasteiger charge is -2.26. The molecule has 0 saturated carbocycles. The molecule has 2 rings (SSSR count). The molecule has 1 saturated heterocycles. The molecule has 1 aromatic heterocycles. The zero-order chi connectivity index (χ0) is 12.3. The molecule has 0 atom stereocenters. The predicted molar refractivity (Wildman–Crippen MR) is 71.2 cm³/mol. The Bertz CT molecular complexity index is 343. The summed E-state index contributed by atoms with van der Waals surface area (Å²) in [5.74, 6) is 0. The molecule has 1 aliphatic heterocycles. The maximum Gasteiger partial charge on any atom is 0.0536 e. The van der Waals surface area contributed by atoms with Crippen molar-refractivity contribution in [1.82, 2.24) is 14.7 Å². The summed E-state index contributed by atoms with van der Waals surface area (Å²) in [6, 6.07) is 0. The first-order chi connectivity index (χ1) is 8.05. The molecule has 2 heterocycles. The van der Waals surface area contributed by atoms with E-state index in [0.717, 1.165) is 13.1 Å². The second-order valence-electron chi connectivity index (χ2n) is 6.14. The van der Waals surface area contributed by atoms with Gasteiger partial charge in [0.05, 0.1) is 12.7 Å². The van der Waals surface area contributed by atoms with Gasteiger partial charge in [0.2, 0.25) is 0 Å². The molecule has 96 valence electrons. The third-order valence-corrected chi connectivity index (χ3v) is 3.59. The van der Waals surface area contributed by atoms with E-state index in [1.807, 2.05) is 6.20 Å². The van der Waals surface area contributed by atoms with Crippen LogP contribution in [0.15, 0.2) is 12.4 Å². The van der Waals surface area contributed by atoms with Crippen molar-refractivity contribution < 1.29 is 0 Å². The van der Waals surface area contributed by atoms with Gasteiger partial charge in [-0.05, 0) is 36.9 Å². The van der Waals surface area contributed by atoms with Crippen molar-refractivity contribution in [3.63, 3.8) is 0 Å². The van der Waals surface area contributed by atoms with Gasteiger partial charge in [0.1, 0.15) is 0 Å². The highest BCUT2D eigenvalue weighted by molar-refractivity contribution is 5.14. The van der Waals surface area contributed by atoms with Crippen molar-refractivity contribution in [2.75, 3.05) is 19.6 Å². The molecule has 3 nitrogen and oxygen atoms in total. The van der Waals surface area contributed by atoms with Gasteiger partial charge >= 0.3 is 0 Å². The molecule has 3 heteroatoms. The first-order valence-corrected chi connectivity index (χ1v) is 6.81. The molecule has 17 heavy (non-hydrogen) atoms. The summed E-state index contributed by atoms with van der Waals surface area (Å²) in [5, 5.41) is 4.46. The number of likely N-dealkylation sites (tertiary alicyclic amines) is 1. The van der Waals surface area contributed by atoms with Crippen LogP contribution in [0.3, 0.4) is 0 Å². The smallest absolute Gasteiger partial charge is 0.0536 e. The number of rotatable bonds is 3. The molecule has 0 amide bonds. The average Bonchev–Trinajstić information content (AvgIpc) is 2.76. The first kappa shape index (κ1) is 12.6. The fraction of sp³-hybridized carbons (Fsp3) is 0.786. The normalized spacial score (nSPS) is 18.5. The van der Waals surface area contributed by atoms with Crippen LogP contribution in [0.5, 0.6) is 0 Å². The van der Waals surface area contributed by atoms with Gasteiger partial charge in [-0.25, -0.2) is 0 Å². The van der Waals surface area contributed by atoms with Crippen LogP contribution in [0, 0.1) is 0 Å². The summed E-state index contributed by atoms with van der Waals surface area (Å²) in [6.45, 7) is 11.4. The highest BCUT2D eigenvalue weighted by Gasteiger charge is 2.16. The Morgan fingerprint density at radius 1 is 1.12 bits per heavy atom. The Morgan fingerprint density at radius 3 is 2.41 bits per heavy atom. The first-order valence-electron chi connectivity index (χ1n) is 6.81. The van der Waals surface area contributed by atoms with Crippen molar-refractivity contribution in [3.05, 3.63) is 18.0 Å². The van der Waals surface area contributed by atoms with Crippen LogP contribution >= 0.6 is 0 Å². The highest BCUT2D eigenvalue weighted by Crippen LogP contribution is 2.20. The summed E-state index contributed by atoms with van der Waals surface area (Å²) in [4.78, 5) is 2.56. The minimum atomic E-state index is 0.212. The van der Waals surface area contributed by atoms with E-state index in [0.29, 0.717) is 0 Å². The number of hydrogen-bond donors (Lipinski definition) is 0. The number of aromatic nitrogens is 2. The van der Waals surface area contributed by atoms with Crippen molar-refractivity contribution in [3.8, 4) is 0 Å². The molecule has 0 spiro atoms. The van der Waals surface area contributed by atoms with Crippen molar-refractivity contribution >= 4 is 0 Å². The number of nitrogens with zero attached hydrogens (tertiary/aromatic N) is 3. The van der Waals surface area contributed by atoms with Crippen LogP contribution in [0.2, 0.25) is 0 Å². The summed E-state index contributed by atoms with van der Waals surface area (Å²) in [5.41, 5.74) is 1.54. The molecule has 0 aromatic carbocycles. The van der Waals surface area contributed by atoms with E-state index in [2.05, 4.69) is 41.6 Å². The highest BCUT2D eigenvalue weighted by atomic mass is 15.3. The van der Waals surface area contributed by atoms with E-state index in [9.17, 15) is 0 Å². The van der Waals surface area contributed by atoms with Gasteiger partial charge in [0.15, 0.2) is 0 Å². The summed E-state index contributed by atoms with van der Waals surface area (Å²) in [7, 11) is 0. The maximum absolute atomic E-state index is 4.46. The Hall–Kier alpha value is -0.830. The van der Waals surface area contributed by atoms with Crippen LogP contribution < -0.4 is 0 Å². The Kier molecular flexibility index (Phi) is 3.87. The van der Waals surface area contributed by atoms with E-state index in [-0.39, 0.29) is 5.41 Å². The second-order valence-corrected chi connectivity index (χ2v) is 6.14. The van der Waals surface area contributed by atoms with Gasteiger partial charge in [-0.2, -0.15) is 5.10 Å². The SMILES string of the molecule is CC(C)(C)c1cnn(CCN2CCCCC2)c1. The summed E-state index contributed by atoms with van der Waals surface area (Å²) in [6.07, 6.45) is 8.35. The van der Waals surface area contributed by atoms with Gasteiger partial charge in [-0.3, -0.25) is 4.68 Å². The van der Waals surface area contributed by atoms with Gasteiger partial charge in [-0.15, -0.1) is 0 Å². The van der Waals surface area contributed by atoms with Gasteiger partial charge in [-0.1, -0.05) is 27.2 Å². The van der Waals surface area contributed by atoms with Crippen LogP contribution in [-0.4, -0.2) is 34.3 Å². The van der Waals surface area contributed by atoms with Crippen LogP contribution in [0.25, 0.3) is 0 Å². The molecule has 0 radical (unpaired) electrons. The van der Waals surface area contributed by atoms with Crippen molar-refractivity contribution in [2.24, 2.45) is 0 Å². The lowest BCUT2D eigenvalue weighted by atomic mass is 9.90. The Balaban J connectivity index is 1.84. The van der Waals surface area contributed by atoms with Crippen LogP contribution in [0.1, 0.15) is 45.6 Å². The molecule has 1 aromatic rings. The van der Waals surface area contributed by atoms with Crippen molar-refractivity contribution in [1.29, 1.82) is 0 Å². The van der Waals surface area contributed by atoms with Gasteiger partial charge < -0.3 is 4.90 Å². The topological polar surface area (TPSA) is 21.1 Å².